The van der Waals surface area contributed by atoms with Crippen LogP contribution in [0, 0.1) is 23.2 Å². The summed E-state index contributed by atoms with van der Waals surface area (Å²) in [6.45, 7) is 8.61. The van der Waals surface area contributed by atoms with E-state index in [2.05, 4.69) is 31.7 Å². The fraction of sp³-hybridized carbons (Fsp3) is 0.583. The van der Waals surface area contributed by atoms with Gasteiger partial charge in [-0.05, 0) is 36.8 Å². The maximum Gasteiger partial charge on any atom is 0.329 e. The minimum Gasteiger partial charge on any atom is -0.464 e. The van der Waals surface area contributed by atoms with Crippen molar-refractivity contribution in [3.63, 3.8) is 0 Å². The number of piperidine rings is 1. The molecule has 1 aromatic carbocycles. The van der Waals surface area contributed by atoms with Gasteiger partial charge in [0.25, 0.3) is 0 Å². The fourth-order valence-corrected chi connectivity index (χ4v) is 4.28. The number of unbranched alkanes of at least 4 members (excludes halogenated alkanes) is 3. The Kier molecular flexibility index (Phi) is 7.62. The summed E-state index contributed by atoms with van der Waals surface area (Å²) in [6, 6.07) is 9.73. The number of esters is 1. The minimum atomic E-state index is -1.07. The number of benzene rings is 1. The van der Waals surface area contributed by atoms with Crippen molar-refractivity contribution in [2.75, 3.05) is 24.6 Å². The molecule has 1 aliphatic heterocycles. The highest BCUT2D eigenvalue weighted by molar-refractivity contribution is 5.85. The molecule has 0 spiro atoms. The number of rotatable bonds is 8. The predicted octanol–water partition coefficient (Wildman–Crippen LogP) is 4.84. The Morgan fingerprint density at radius 3 is 2.47 bits per heavy atom. The van der Waals surface area contributed by atoms with Crippen molar-refractivity contribution in [1.82, 2.24) is 9.97 Å². The third-order valence-corrected chi connectivity index (χ3v) is 5.63. The summed E-state index contributed by atoms with van der Waals surface area (Å²) in [4.78, 5) is 24.5. The number of fused-ring (bicyclic) bond motifs is 1. The number of anilines is 1. The standard InChI is InChI=1S/C24H32N4O2/c1-4-5-6-9-12-30-24(29)19(14-25)22-23(28-15-17(2)13-18(3)16-28)27-21-11-8-7-10-20(21)26-22/h7-8,10-11,17-19H,4-6,9,12-13,15-16H2,1-3H3/t17-,18-,19-/m1/s1. The molecule has 3 rings (SSSR count). The van der Waals surface area contributed by atoms with Crippen LogP contribution in [0.4, 0.5) is 5.82 Å². The lowest BCUT2D eigenvalue weighted by molar-refractivity contribution is -0.144. The van der Waals surface area contributed by atoms with Crippen LogP contribution >= 0.6 is 0 Å². The van der Waals surface area contributed by atoms with Gasteiger partial charge in [-0.3, -0.25) is 4.79 Å². The fourth-order valence-electron chi connectivity index (χ4n) is 4.28. The van der Waals surface area contributed by atoms with Crippen molar-refractivity contribution in [2.45, 2.75) is 58.8 Å². The molecule has 0 radical (unpaired) electrons. The van der Waals surface area contributed by atoms with Crippen LogP contribution in [0.3, 0.4) is 0 Å². The molecule has 0 bridgehead atoms. The zero-order valence-corrected chi connectivity index (χ0v) is 18.3. The van der Waals surface area contributed by atoms with Crippen LogP contribution in [-0.4, -0.2) is 35.6 Å². The van der Waals surface area contributed by atoms with Gasteiger partial charge in [0.05, 0.1) is 23.7 Å². The Labute approximate surface area is 179 Å². The zero-order valence-electron chi connectivity index (χ0n) is 18.3. The van der Waals surface area contributed by atoms with E-state index in [0.717, 1.165) is 50.7 Å². The number of carbonyl (C=O) groups excluding carboxylic acids is 1. The predicted molar refractivity (Wildman–Crippen MR) is 118 cm³/mol. The first-order chi connectivity index (χ1) is 14.5. The molecule has 1 fully saturated rings. The summed E-state index contributed by atoms with van der Waals surface area (Å²) < 4.78 is 5.44. The molecule has 160 valence electrons. The lowest BCUT2D eigenvalue weighted by atomic mass is 9.91. The highest BCUT2D eigenvalue weighted by Crippen LogP contribution is 2.32. The van der Waals surface area contributed by atoms with Gasteiger partial charge in [0, 0.05) is 13.1 Å². The van der Waals surface area contributed by atoms with Crippen LogP contribution in [0.15, 0.2) is 24.3 Å². The van der Waals surface area contributed by atoms with Crippen LogP contribution in [0.25, 0.3) is 11.0 Å². The molecular weight excluding hydrogens is 376 g/mol. The van der Waals surface area contributed by atoms with Crippen molar-refractivity contribution < 1.29 is 9.53 Å². The van der Waals surface area contributed by atoms with Gasteiger partial charge in [0.2, 0.25) is 0 Å². The van der Waals surface area contributed by atoms with Crippen molar-refractivity contribution in [3.05, 3.63) is 30.0 Å². The summed E-state index contributed by atoms with van der Waals surface area (Å²) in [5.41, 5.74) is 1.87. The molecule has 1 saturated heterocycles. The lowest BCUT2D eigenvalue weighted by Gasteiger charge is -2.36. The molecule has 1 aliphatic rings. The smallest absolute Gasteiger partial charge is 0.329 e. The van der Waals surface area contributed by atoms with E-state index in [1.807, 2.05) is 24.3 Å². The second-order valence-electron chi connectivity index (χ2n) is 8.56. The number of nitrogens with zero attached hydrogens (tertiary/aromatic N) is 4. The Balaban J connectivity index is 1.91. The van der Waals surface area contributed by atoms with E-state index in [4.69, 9.17) is 14.7 Å². The molecule has 6 heteroatoms. The average Bonchev–Trinajstić information content (AvgIpc) is 2.73. The lowest BCUT2D eigenvalue weighted by Crippen LogP contribution is -2.40. The van der Waals surface area contributed by atoms with Gasteiger partial charge in [-0.25, -0.2) is 9.97 Å². The van der Waals surface area contributed by atoms with Gasteiger partial charge < -0.3 is 9.64 Å². The van der Waals surface area contributed by atoms with Crippen LogP contribution in [0.2, 0.25) is 0 Å². The first-order valence-electron chi connectivity index (χ1n) is 11.1. The van der Waals surface area contributed by atoms with Gasteiger partial charge in [-0.15, -0.1) is 0 Å². The van der Waals surface area contributed by atoms with Crippen molar-refractivity contribution in [3.8, 4) is 6.07 Å². The molecule has 0 saturated carbocycles. The number of ether oxygens (including phenoxy) is 1. The number of para-hydroxylation sites is 2. The van der Waals surface area contributed by atoms with Gasteiger partial charge >= 0.3 is 5.97 Å². The van der Waals surface area contributed by atoms with Gasteiger partial charge in [0.1, 0.15) is 5.69 Å². The third-order valence-electron chi connectivity index (χ3n) is 5.63. The van der Waals surface area contributed by atoms with Crippen LogP contribution in [0.1, 0.15) is 64.5 Å². The summed E-state index contributed by atoms with van der Waals surface area (Å²) in [5, 5.41) is 9.85. The van der Waals surface area contributed by atoms with E-state index in [1.54, 1.807) is 0 Å². The highest BCUT2D eigenvalue weighted by Gasteiger charge is 2.32. The molecule has 1 aromatic heterocycles. The maximum absolute atomic E-state index is 12.8. The second-order valence-corrected chi connectivity index (χ2v) is 8.56. The topological polar surface area (TPSA) is 79.1 Å². The maximum atomic E-state index is 12.8. The Morgan fingerprint density at radius 2 is 1.83 bits per heavy atom. The molecular formula is C24H32N4O2. The summed E-state index contributed by atoms with van der Waals surface area (Å²) in [5.74, 6) is 0.0668. The number of aromatic nitrogens is 2. The summed E-state index contributed by atoms with van der Waals surface area (Å²) in [6.07, 6.45) is 5.23. The van der Waals surface area contributed by atoms with Gasteiger partial charge in [0.15, 0.2) is 11.7 Å². The average molecular weight is 409 g/mol. The quantitative estimate of drug-likeness (QED) is 0.459. The van der Waals surface area contributed by atoms with E-state index < -0.39 is 11.9 Å². The Morgan fingerprint density at radius 1 is 1.17 bits per heavy atom. The normalized spacial score (nSPS) is 20.0. The molecule has 2 aromatic rings. The molecule has 6 nitrogen and oxygen atoms in total. The van der Waals surface area contributed by atoms with Crippen LogP contribution in [0.5, 0.6) is 0 Å². The monoisotopic (exact) mass is 408 g/mol. The minimum absolute atomic E-state index is 0.338. The van der Waals surface area contributed by atoms with E-state index in [1.165, 1.54) is 0 Å². The molecule has 2 heterocycles. The molecule has 0 amide bonds. The van der Waals surface area contributed by atoms with E-state index in [9.17, 15) is 10.1 Å². The van der Waals surface area contributed by atoms with Crippen molar-refractivity contribution in [1.29, 1.82) is 5.26 Å². The second kappa shape index (κ2) is 10.4. The van der Waals surface area contributed by atoms with Crippen molar-refractivity contribution >= 4 is 22.8 Å². The number of hydrogen-bond donors (Lipinski definition) is 0. The Bertz CT molecular complexity index is 898. The van der Waals surface area contributed by atoms with Crippen molar-refractivity contribution in [2.24, 2.45) is 11.8 Å². The first-order valence-corrected chi connectivity index (χ1v) is 11.1. The number of nitriles is 1. The van der Waals surface area contributed by atoms with Gasteiger partial charge in [-0.2, -0.15) is 5.26 Å². The number of hydrogen-bond acceptors (Lipinski definition) is 6. The van der Waals surface area contributed by atoms with Crippen LogP contribution < -0.4 is 4.90 Å². The molecule has 3 atom stereocenters. The Hall–Kier alpha value is -2.68. The molecule has 0 unspecified atom stereocenters. The van der Waals surface area contributed by atoms with Gasteiger partial charge in [-0.1, -0.05) is 52.2 Å². The highest BCUT2D eigenvalue weighted by atomic mass is 16.5. The van der Waals surface area contributed by atoms with E-state index in [-0.39, 0.29) is 0 Å². The molecule has 0 aliphatic carbocycles. The first kappa shape index (κ1) is 22.0. The van der Waals surface area contributed by atoms with E-state index in [0.29, 0.717) is 35.5 Å². The zero-order chi connectivity index (χ0) is 21.5. The summed E-state index contributed by atoms with van der Waals surface area (Å²) >= 11 is 0. The summed E-state index contributed by atoms with van der Waals surface area (Å²) in [7, 11) is 0. The largest absolute Gasteiger partial charge is 0.464 e. The van der Waals surface area contributed by atoms with Crippen LogP contribution in [-0.2, 0) is 9.53 Å². The SMILES string of the molecule is CCCCCCOC(=O)[C@H](C#N)c1nc2ccccc2nc1N1C[C@H](C)C[C@@H](C)C1. The van der Waals surface area contributed by atoms with E-state index >= 15 is 0 Å². The third kappa shape index (κ3) is 5.27. The molecule has 30 heavy (non-hydrogen) atoms. The number of carbonyl (C=O) groups is 1. The molecule has 0 N–H and O–H groups in total.